The van der Waals surface area contributed by atoms with Crippen LogP contribution in [-0.2, 0) is 4.79 Å². The van der Waals surface area contributed by atoms with Crippen LogP contribution < -0.4 is 5.32 Å². The van der Waals surface area contributed by atoms with E-state index in [1.807, 2.05) is 56.3 Å². The zero-order valence-corrected chi connectivity index (χ0v) is 19.0. The number of hydrogen-bond acceptors (Lipinski definition) is 2. The third-order valence-corrected chi connectivity index (χ3v) is 6.64. The van der Waals surface area contributed by atoms with Gasteiger partial charge in [-0.05, 0) is 61.4 Å². The van der Waals surface area contributed by atoms with Gasteiger partial charge in [-0.3, -0.25) is 9.59 Å². The lowest BCUT2D eigenvalue weighted by atomic mass is 9.97. The van der Waals surface area contributed by atoms with E-state index in [1.165, 1.54) is 0 Å². The summed E-state index contributed by atoms with van der Waals surface area (Å²) in [4.78, 5) is 25.5. The van der Waals surface area contributed by atoms with Crippen LogP contribution in [0.1, 0.15) is 38.2 Å². The van der Waals surface area contributed by atoms with Crippen LogP contribution in [0.2, 0.25) is 0 Å². The predicted octanol–water partition coefficient (Wildman–Crippen LogP) is 6.55. The average Bonchev–Trinajstić information content (AvgIpc) is 3.00. The molecule has 0 saturated carbocycles. The lowest BCUT2D eigenvalue weighted by Crippen LogP contribution is -2.03. The van der Waals surface area contributed by atoms with Gasteiger partial charge in [0.05, 0.1) is 0 Å². The van der Waals surface area contributed by atoms with Crippen molar-refractivity contribution in [1.29, 1.82) is 0 Å². The number of aryl methyl sites for hydroxylation is 1. The molecule has 0 fully saturated rings. The zero-order chi connectivity index (χ0) is 20.7. The van der Waals surface area contributed by atoms with Gasteiger partial charge in [-0.2, -0.15) is 0 Å². The van der Waals surface area contributed by atoms with E-state index < -0.39 is 0 Å². The van der Waals surface area contributed by atoms with Crippen LogP contribution in [0.3, 0.4) is 0 Å². The Balaban J connectivity index is 1.76. The maximum absolute atomic E-state index is 12.9. The van der Waals surface area contributed by atoms with Crippen molar-refractivity contribution in [2.24, 2.45) is 0 Å². The second-order valence-electron chi connectivity index (χ2n) is 7.08. The standard InChI is InChI=1S/C24H17Br2NO2/c1-13-3-5-16(6-4-13)23(28)17-7-8-22-18(12-17)19(24(29)27-22)9-15-10-20(25)14(2)21(26)11-15/h3-12H,1-2H3,(H,27,29). The molecule has 1 aliphatic rings. The minimum Gasteiger partial charge on any atom is -0.321 e. The molecule has 0 aliphatic carbocycles. The smallest absolute Gasteiger partial charge is 0.256 e. The molecule has 0 unspecified atom stereocenters. The van der Waals surface area contributed by atoms with Gasteiger partial charge in [0.25, 0.3) is 5.91 Å². The highest BCUT2D eigenvalue weighted by molar-refractivity contribution is 9.11. The minimum absolute atomic E-state index is 0.0627. The first-order valence-corrected chi connectivity index (χ1v) is 10.7. The van der Waals surface area contributed by atoms with Crippen LogP contribution >= 0.6 is 31.9 Å². The van der Waals surface area contributed by atoms with Crippen LogP contribution in [0.4, 0.5) is 5.69 Å². The predicted molar refractivity (Wildman–Crippen MR) is 124 cm³/mol. The Morgan fingerprint density at radius 2 is 1.52 bits per heavy atom. The van der Waals surface area contributed by atoms with Gasteiger partial charge in [0.2, 0.25) is 0 Å². The summed E-state index contributed by atoms with van der Waals surface area (Å²) in [6, 6.07) is 16.8. The van der Waals surface area contributed by atoms with Crippen LogP contribution in [0.15, 0.2) is 63.5 Å². The fraction of sp³-hybridized carbons (Fsp3) is 0.0833. The summed E-state index contributed by atoms with van der Waals surface area (Å²) in [6.07, 6.45) is 1.84. The second-order valence-corrected chi connectivity index (χ2v) is 8.79. The summed E-state index contributed by atoms with van der Waals surface area (Å²) in [7, 11) is 0. The van der Waals surface area contributed by atoms with Crippen LogP contribution in [0.25, 0.3) is 11.6 Å². The average molecular weight is 511 g/mol. The molecule has 0 atom stereocenters. The molecule has 0 bridgehead atoms. The molecule has 3 aromatic carbocycles. The Labute approximate surface area is 186 Å². The summed E-state index contributed by atoms with van der Waals surface area (Å²) in [6.45, 7) is 3.99. The highest BCUT2D eigenvalue weighted by Gasteiger charge is 2.25. The van der Waals surface area contributed by atoms with Gasteiger partial charge < -0.3 is 5.32 Å². The molecule has 29 heavy (non-hydrogen) atoms. The summed E-state index contributed by atoms with van der Waals surface area (Å²) >= 11 is 7.10. The second kappa shape index (κ2) is 7.73. The Kier molecular flexibility index (Phi) is 5.28. The van der Waals surface area contributed by atoms with E-state index in [4.69, 9.17) is 0 Å². The molecule has 3 nitrogen and oxygen atoms in total. The van der Waals surface area contributed by atoms with E-state index in [-0.39, 0.29) is 11.7 Å². The Morgan fingerprint density at radius 3 is 2.17 bits per heavy atom. The topological polar surface area (TPSA) is 46.2 Å². The number of carbonyl (C=O) groups is 2. The van der Waals surface area contributed by atoms with Crippen molar-refractivity contribution < 1.29 is 9.59 Å². The third-order valence-electron chi connectivity index (χ3n) is 4.99. The summed E-state index contributed by atoms with van der Waals surface area (Å²) in [5.74, 6) is -0.236. The van der Waals surface area contributed by atoms with Crippen molar-refractivity contribution in [3.63, 3.8) is 0 Å². The molecule has 0 aromatic heterocycles. The molecule has 5 heteroatoms. The van der Waals surface area contributed by atoms with Gasteiger partial charge in [-0.25, -0.2) is 0 Å². The highest BCUT2D eigenvalue weighted by Crippen LogP contribution is 2.35. The number of carbonyl (C=O) groups excluding carboxylic acids is 2. The Hall–Kier alpha value is -2.50. The first-order valence-electron chi connectivity index (χ1n) is 9.08. The SMILES string of the molecule is Cc1ccc(C(=O)c2ccc3c(c2)C(=Cc2cc(Br)c(C)c(Br)c2)C(=O)N3)cc1. The normalized spacial score (nSPS) is 14.1. The van der Waals surface area contributed by atoms with Crippen LogP contribution in [0.5, 0.6) is 0 Å². The zero-order valence-electron chi connectivity index (χ0n) is 15.8. The minimum atomic E-state index is -0.173. The number of nitrogens with one attached hydrogen (secondary N) is 1. The van der Waals surface area contributed by atoms with Gasteiger partial charge >= 0.3 is 0 Å². The molecule has 0 saturated heterocycles. The first-order chi connectivity index (χ1) is 13.8. The molecule has 1 N–H and O–H groups in total. The van der Waals surface area contributed by atoms with E-state index in [2.05, 4.69) is 37.2 Å². The molecule has 1 heterocycles. The Morgan fingerprint density at radius 1 is 0.897 bits per heavy atom. The molecule has 1 amide bonds. The first kappa shape index (κ1) is 19.8. The summed E-state index contributed by atoms with van der Waals surface area (Å²) in [5, 5.41) is 2.88. The van der Waals surface area contributed by atoms with Crippen molar-refractivity contribution in [2.45, 2.75) is 13.8 Å². The monoisotopic (exact) mass is 509 g/mol. The number of hydrogen-bond donors (Lipinski definition) is 1. The van der Waals surface area contributed by atoms with Gasteiger partial charge in [-0.15, -0.1) is 0 Å². The largest absolute Gasteiger partial charge is 0.321 e. The van der Waals surface area contributed by atoms with Crippen LogP contribution in [0, 0.1) is 13.8 Å². The van der Waals surface area contributed by atoms with E-state index in [9.17, 15) is 9.59 Å². The maximum atomic E-state index is 12.9. The van der Waals surface area contributed by atoms with Gasteiger partial charge in [0, 0.05) is 36.9 Å². The van der Waals surface area contributed by atoms with Gasteiger partial charge in [-0.1, -0.05) is 61.7 Å². The number of anilines is 1. The van der Waals surface area contributed by atoms with Crippen molar-refractivity contribution in [1.82, 2.24) is 0 Å². The quantitative estimate of drug-likeness (QED) is 0.320. The molecule has 1 aliphatic heterocycles. The lowest BCUT2D eigenvalue weighted by molar-refractivity contribution is -0.110. The van der Waals surface area contributed by atoms with E-state index >= 15 is 0 Å². The maximum Gasteiger partial charge on any atom is 0.256 e. The molecule has 0 radical (unpaired) electrons. The number of halogens is 2. The molecule has 0 spiro atoms. The fourth-order valence-corrected chi connectivity index (χ4v) is 4.48. The van der Waals surface area contributed by atoms with Crippen molar-refractivity contribution in [3.8, 4) is 0 Å². The summed E-state index contributed by atoms with van der Waals surface area (Å²) < 4.78 is 1.92. The molecular weight excluding hydrogens is 494 g/mol. The lowest BCUT2D eigenvalue weighted by Gasteiger charge is -2.06. The number of fused-ring (bicyclic) bond motifs is 1. The number of ketones is 1. The molecule has 3 aromatic rings. The van der Waals surface area contributed by atoms with Gasteiger partial charge in [0.1, 0.15) is 0 Å². The molecular formula is C24H17Br2NO2. The number of rotatable bonds is 3. The molecule has 144 valence electrons. The van der Waals surface area contributed by atoms with E-state index in [1.54, 1.807) is 18.2 Å². The molecule has 4 rings (SSSR count). The number of benzene rings is 3. The number of amides is 1. The Bertz CT molecular complexity index is 1170. The van der Waals surface area contributed by atoms with Gasteiger partial charge in [0.15, 0.2) is 5.78 Å². The summed E-state index contributed by atoms with van der Waals surface area (Å²) in [5.41, 5.74) is 6.27. The van der Waals surface area contributed by atoms with E-state index in [0.29, 0.717) is 22.4 Å². The van der Waals surface area contributed by atoms with Crippen LogP contribution in [-0.4, -0.2) is 11.7 Å². The van der Waals surface area contributed by atoms with Crippen molar-refractivity contribution in [3.05, 3.63) is 96.9 Å². The van der Waals surface area contributed by atoms with Crippen molar-refractivity contribution >= 4 is 60.9 Å². The fourth-order valence-electron chi connectivity index (χ4n) is 3.26. The third kappa shape index (κ3) is 3.85. The van der Waals surface area contributed by atoms with E-state index in [0.717, 1.165) is 31.2 Å². The highest BCUT2D eigenvalue weighted by atomic mass is 79.9. The van der Waals surface area contributed by atoms with Crippen molar-refractivity contribution in [2.75, 3.05) is 5.32 Å².